The van der Waals surface area contributed by atoms with Crippen LogP contribution in [0.1, 0.15) is 25.6 Å². The van der Waals surface area contributed by atoms with Crippen LogP contribution < -0.4 is 0 Å². The molecule has 1 aromatic heterocycles. The van der Waals surface area contributed by atoms with Crippen LogP contribution in [-0.2, 0) is 10.3 Å². The number of ether oxygens (including phenoxy) is 1. The average molecular weight is 255 g/mol. The molecule has 2 rings (SSSR count). The number of rotatable bonds is 1. The Bertz CT molecular complexity index is 402. The molecule has 17 heavy (non-hydrogen) atoms. The summed E-state index contributed by atoms with van der Waals surface area (Å²) in [5, 5.41) is 12.2. The van der Waals surface area contributed by atoms with E-state index in [9.17, 15) is 9.90 Å². The molecule has 1 N–H and O–H groups in total. The van der Waals surface area contributed by atoms with Gasteiger partial charge < -0.3 is 14.7 Å². The summed E-state index contributed by atoms with van der Waals surface area (Å²) in [5.41, 5.74) is -1.38. The smallest absolute Gasteiger partial charge is 0.410 e. The van der Waals surface area contributed by atoms with Crippen LogP contribution in [0, 0.1) is 0 Å². The lowest BCUT2D eigenvalue weighted by Gasteiger charge is -2.45. The molecule has 1 saturated heterocycles. The molecule has 0 atom stereocenters. The molecule has 1 aliphatic rings. The number of thiophene rings is 1. The van der Waals surface area contributed by atoms with Crippen LogP contribution in [0.2, 0.25) is 0 Å². The minimum atomic E-state index is -0.884. The van der Waals surface area contributed by atoms with Crippen molar-refractivity contribution < 1.29 is 14.6 Å². The lowest BCUT2D eigenvalue weighted by atomic mass is 9.93. The molecule has 4 nitrogen and oxygen atoms in total. The van der Waals surface area contributed by atoms with Gasteiger partial charge in [-0.15, -0.1) is 11.3 Å². The molecule has 5 heteroatoms. The second-order valence-electron chi connectivity index (χ2n) is 5.35. The van der Waals surface area contributed by atoms with E-state index < -0.39 is 11.2 Å². The number of carbonyl (C=O) groups is 1. The number of likely N-dealkylation sites (tertiary alicyclic amines) is 1. The monoisotopic (exact) mass is 255 g/mol. The second-order valence-corrected chi connectivity index (χ2v) is 6.29. The Balaban J connectivity index is 1.93. The predicted octanol–water partition coefficient (Wildman–Crippen LogP) is 2.19. The summed E-state index contributed by atoms with van der Waals surface area (Å²) in [7, 11) is 0. The zero-order valence-corrected chi connectivity index (χ0v) is 11.1. The van der Waals surface area contributed by atoms with Crippen molar-refractivity contribution in [3.63, 3.8) is 0 Å². The Morgan fingerprint density at radius 1 is 1.53 bits per heavy atom. The van der Waals surface area contributed by atoms with Gasteiger partial charge in [0.2, 0.25) is 0 Å². The summed E-state index contributed by atoms with van der Waals surface area (Å²) in [6.07, 6.45) is -0.362. The van der Waals surface area contributed by atoms with Gasteiger partial charge in [-0.2, -0.15) is 0 Å². The van der Waals surface area contributed by atoms with Gasteiger partial charge in [0.25, 0.3) is 0 Å². The van der Waals surface area contributed by atoms with Crippen molar-refractivity contribution >= 4 is 17.4 Å². The van der Waals surface area contributed by atoms with Gasteiger partial charge in [0, 0.05) is 4.88 Å². The van der Waals surface area contributed by atoms with E-state index in [1.165, 1.54) is 16.2 Å². The van der Waals surface area contributed by atoms with Crippen molar-refractivity contribution in [2.24, 2.45) is 0 Å². The molecule has 1 amide bonds. The van der Waals surface area contributed by atoms with E-state index in [1.54, 1.807) is 0 Å². The van der Waals surface area contributed by atoms with E-state index in [0.29, 0.717) is 13.1 Å². The molecule has 0 radical (unpaired) electrons. The zero-order chi connectivity index (χ0) is 12.7. The number of amides is 1. The van der Waals surface area contributed by atoms with Crippen molar-refractivity contribution in [3.05, 3.63) is 22.4 Å². The molecule has 2 heterocycles. The lowest BCUT2D eigenvalue weighted by Crippen LogP contribution is -2.61. The molecule has 1 aliphatic heterocycles. The first kappa shape index (κ1) is 12.4. The summed E-state index contributed by atoms with van der Waals surface area (Å²) >= 11 is 1.50. The van der Waals surface area contributed by atoms with Crippen LogP contribution in [0.4, 0.5) is 4.79 Å². The van der Waals surface area contributed by atoms with Crippen molar-refractivity contribution in [1.29, 1.82) is 0 Å². The summed E-state index contributed by atoms with van der Waals surface area (Å²) in [6, 6.07) is 3.78. The van der Waals surface area contributed by atoms with Crippen LogP contribution in [-0.4, -0.2) is 34.8 Å². The Labute approximate surface area is 105 Å². The van der Waals surface area contributed by atoms with E-state index in [4.69, 9.17) is 4.74 Å². The maximum atomic E-state index is 11.7. The molecular weight excluding hydrogens is 238 g/mol. The van der Waals surface area contributed by atoms with E-state index in [2.05, 4.69) is 0 Å². The first-order valence-electron chi connectivity index (χ1n) is 5.54. The van der Waals surface area contributed by atoms with E-state index >= 15 is 0 Å². The third kappa shape index (κ3) is 2.61. The fourth-order valence-corrected chi connectivity index (χ4v) is 2.55. The molecule has 0 unspecified atom stereocenters. The molecule has 1 aromatic rings. The summed E-state index contributed by atoms with van der Waals surface area (Å²) in [4.78, 5) is 14.1. The van der Waals surface area contributed by atoms with Crippen LogP contribution in [0.5, 0.6) is 0 Å². The number of hydrogen-bond acceptors (Lipinski definition) is 4. The summed E-state index contributed by atoms with van der Waals surface area (Å²) in [6.45, 7) is 6.10. The highest BCUT2D eigenvalue weighted by atomic mass is 32.1. The van der Waals surface area contributed by atoms with Crippen molar-refractivity contribution in [2.75, 3.05) is 13.1 Å². The summed E-state index contributed by atoms with van der Waals surface area (Å²) in [5.74, 6) is 0. The first-order chi connectivity index (χ1) is 7.80. The largest absolute Gasteiger partial charge is 0.444 e. The Morgan fingerprint density at radius 2 is 2.18 bits per heavy atom. The van der Waals surface area contributed by atoms with Crippen LogP contribution in [0.15, 0.2) is 17.5 Å². The normalized spacial score (nSPS) is 18.7. The SMILES string of the molecule is CC(C)(C)OC(=O)N1CC(O)(c2cccs2)C1. The van der Waals surface area contributed by atoms with Crippen LogP contribution in [0.3, 0.4) is 0 Å². The van der Waals surface area contributed by atoms with Crippen LogP contribution >= 0.6 is 11.3 Å². The topological polar surface area (TPSA) is 49.8 Å². The van der Waals surface area contributed by atoms with Gasteiger partial charge in [0.15, 0.2) is 0 Å². The Morgan fingerprint density at radius 3 is 2.65 bits per heavy atom. The molecule has 1 fully saturated rings. The van der Waals surface area contributed by atoms with Gasteiger partial charge in [0.05, 0.1) is 13.1 Å². The number of aliphatic hydroxyl groups is 1. The van der Waals surface area contributed by atoms with Gasteiger partial charge in [-0.3, -0.25) is 0 Å². The van der Waals surface area contributed by atoms with Gasteiger partial charge in [-0.25, -0.2) is 4.79 Å². The molecule has 0 spiro atoms. The van der Waals surface area contributed by atoms with E-state index in [-0.39, 0.29) is 6.09 Å². The summed E-state index contributed by atoms with van der Waals surface area (Å²) < 4.78 is 5.23. The highest BCUT2D eigenvalue weighted by Gasteiger charge is 2.47. The van der Waals surface area contributed by atoms with Gasteiger partial charge in [0.1, 0.15) is 11.2 Å². The minimum absolute atomic E-state index is 0.308. The minimum Gasteiger partial charge on any atom is -0.444 e. The third-order valence-corrected chi connectivity index (χ3v) is 3.60. The van der Waals surface area contributed by atoms with Crippen molar-refractivity contribution in [3.8, 4) is 0 Å². The third-order valence-electron chi connectivity index (χ3n) is 2.54. The highest BCUT2D eigenvalue weighted by Crippen LogP contribution is 2.35. The maximum Gasteiger partial charge on any atom is 0.410 e. The van der Waals surface area contributed by atoms with Crippen molar-refractivity contribution in [2.45, 2.75) is 32.0 Å². The lowest BCUT2D eigenvalue weighted by molar-refractivity contribution is -0.101. The Hall–Kier alpha value is -1.07. The fraction of sp³-hybridized carbons (Fsp3) is 0.583. The maximum absolute atomic E-state index is 11.7. The molecular formula is C12H17NO3S. The number of β-amino-alcohol motifs (C(OH)–C–C–N with tert-alkyl or cyclic N) is 1. The van der Waals surface area contributed by atoms with Gasteiger partial charge >= 0.3 is 6.09 Å². The van der Waals surface area contributed by atoms with E-state index in [0.717, 1.165) is 4.88 Å². The molecule has 0 aromatic carbocycles. The number of nitrogens with zero attached hydrogens (tertiary/aromatic N) is 1. The second kappa shape index (κ2) is 3.99. The Kier molecular flexibility index (Phi) is 2.91. The zero-order valence-electron chi connectivity index (χ0n) is 10.3. The van der Waals surface area contributed by atoms with Gasteiger partial charge in [-0.05, 0) is 32.2 Å². The van der Waals surface area contributed by atoms with E-state index in [1.807, 2.05) is 38.3 Å². The standard InChI is InChI=1S/C12H17NO3S/c1-11(2,3)16-10(14)13-7-12(15,8-13)9-5-4-6-17-9/h4-6,15H,7-8H2,1-3H3. The number of carbonyl (C=O) groups excluding carboxylic acids is 1. The molecule has 0 bridgehead atoms. The van der Waals surface area contributed by atoms with Crippen molar-refractivity contribution in [1.82, 2.24) is 4.90 Å². The van der Waals surface area contributed by atoms with Crippen LogP contribution in [0.25, 0.3) is 0 Å². The number of hydrogen-bond donors (Lipinski definition) is 1. The molecule has 94 valence electrons. The average Bonchev–Trinajstić information content (AvgIpc) is 2.62. The molecule has 0 saturated carbocycles. The fourth-order valence-electron chi connectivity index (χ4n) is 1.74. The highest BCUT2D eigenvalue weighted by molar-refractivity contribution is 7.10. The quantitative estimate of drug-likeness (QED) is 0.837. The van der Waals surface area contributed by atoms with Gasteiger partial charge in [-0.1, -0.05) is 6.07 Å². The molecule has 0 aliphatic carbocycles. The predicted molar refractivity (Wildman–Crippen MR) is 66.0 cm³/mol. The first-order valence-corrected chi connectivity index (χ1v) is 6.42.